The largest absolute Gasteiger partial charge is 0.477 e. The van der Waals surface area contributed by atoms with E-state index in [9.17, 15) is 9.90 Å². The lowest BCUT2D eigenvalue weighted by atomic mass is 10.2. The molecule has 3 aromatic heterocycles. The van der Waals surface area contributed by atoms with Crippen LogP contribution in [-0.2, 0) is 5.75 Å². The van der Waals surface area contributed by atoms with E-state index in [1.165, 1.54) is 29.0 Å². The third kappa shape index (κ3) is 2.91. The van der Waals surface area contributed by atoms with Gasteiger partial charge < -0.3 is 5.11 Å². The Balaban J connectivity index is 1.96. The Morgan fingerprint density at radius 2 is 2.19 bits per heavy atom. The van der Waals surface area contributed by atoms with Crippen molar-refractivity contribution in [1.29, 1.82) is 0 Å². The molecule has 4 nitrogen and oxygen atoms in total. The van der Waals surface area contributed by atoms with Gasteiger partial charge in [0.05, 0.1) is 4.34 Å². The summed E-state index contributed by atoms with van der Waals surface area (Å²) in [6.45, 7) is 1.80. The van der Waals surface area contributed by atoms with Crippen molar-refractivity contribution in [3.63, 3.8) is 0 Å². The molecule has 0 aliphatic rings. The van der Waals surface area contributed by atoms with Crippen molar-refractivity contribution in [3.8, 4) is 0 Å². The van der Waals surface area contributed by atoms with Crippen molar-refractivity contribution in [2.24, 2.45) is 0 Å². The van der Waals surface area contributed by atoms with Crippen LogP contribution in [0.4, 0.5) is 0 Å². The van der Waals surface area contributed by atoms with Crippen LogP contribution in [0.2, 0.25) is 4.34 Å². The van der Waals surface area contributed by atoms with E-state index < -0.39 is 5.97 Å². The zero-order valence-electron chi connectivity index (χ0n) is 10.8. The van der Waals surface area contributed by atoms with Gasteiger partial charge in [0, 0.05) is 16.0 Å². The van der Waals surface area contributed by atoms with Crippen molar-refractivity contribution >= 4 is 62.2 Å². The van der Waals surface area contributed by atoms with Crippen molar-refractivity contribution in [1.82, 2.24) is 9.97 Å². The predicted molar refractivity (Wildman–Crippen MR) is 88.0 cm³/mol. The third-order valence-corrected chi connectivity index (χ3v) is 6.51. The summed E-state index contributed by atoms with van der Waals surface area (Å²) in [5, 5.41) is 10.9. The molecule has 0 radical (unpaired) electrons. The van der Waals surface area contributed by atoms with Crippen LogP contribution < -0.4 is 0 Å². The minimum atomic E-state index is -0.920. The average molecular weight is 357 g/mol. The molecule has 0 aromatic carbocycles. The second-order valence-electron chi connectivity index (χ2n) is 4.21. The van der Waals surface area contributed by atoms with Crippen LogP contribution in [0.5, 0.6) is 0 Å². The highest BCUT2D eigenvalue weighted by atomic mass is 35.5. The molecule has 0 aliphatic heterocycles. The summed E-state index contributed by atoms with van der Waals surface area (Å²) in [5.41, 5.74) is 0.731. The molecule has 0 bridgehead atoms. The first-order valence-electron chi connectivity index (χ1n) is 5.90. The number of aromatic nitrogens is 2. The predicted octanol–water partition coefficient (Wildman–Crippen LogP) is 4.71. The molecule has 0 unspecified atom stereocenters. The second kappa shape index (κ2) is 5.92. The summed E-state index contributed by atoms with van der Waals surface area (Å²) in [4.78, 5) is 21.9. The maximum absolute atomic E-state index is 11.2. The Kier molecular flexibility index (Phi) is 4.17. The van der Waals surface area contributed by atoms with E-state index in [-0.39, 0.29) is 0 Å². The molecule has 0 fully saturated rings. The number of aromatic carboxylic acids is 1. The van der Waals surface area contributed by atoms with Gasteiger partial charge in [0.1, 0.15) is 21.1 Å². The molecule has 0 amide bonds. The minimum Gasteiger partial charge on any atom is -0.477 e. The van der Waals surface area contributed by atoms with E-state index in [2.05, 4.69) is 9.97 Å². The molecule has 0 atom stereocenters. The van der Waals surface area contributed by atoms with Crippen LogP contribution in [0.3, 0.4) is 0 Å². The molecule has 8 heteroatoms. The van der Waals surface area contributed by atoms with Gasteiger partial charge in [-0.05, 0) is 24.6 Å². The van der Waals surface area contributed by atoms with Gasteiger partial charge in [-0.15, -0.1) is 34.4 Å². The normalized spacial score (nSPS) is 11.1. The van der Waals surface area contributed by atoms with Gasteiger partial charge >= 0.3 is 5.97 Å². The molecular weight excluding hydrogens is 348 g/mol. The summed E-state index contributed by atoms with van der Waals surface area (Å²) < 4.78 is 0.762. The second-order valence-corrected chi connectivity index (χ2v) is 7.98. The molecule has 21 heavy (non-hydrogen) atoms. The fraction of sp³-hybridized carbons (Fsp3) is 0.154. The van der Waals surface area contributed by atoms with E-state index in [1.807, 2.05) is 12.1 Å². The highest BCUT2D eigenvalue weighted by Crippen LogP contribution is 2.37. The summed E-state index contributed by atoms with van der Waals surface area (Å²) in [6, 6.07) is 3.86. The van der Waals surface area contributed by atoms with Crippen LogP contribution >= 0.6 is 46.0 Å². The quantitative estimate of drug-likeness (QED) is 0.542. The lowest BCUT2D eigenvalue weighted by Crippen LogP contribution is -1.94. The smallest absolute Gasteiger partial charge is 0.346 e. The maximum atomic E-state index is 11.2. The van der Waals surface area contributed by atoms with E-state index in [4.69, 9.17) is 11.6 Å². The van der Waals surface area contributed by atoms with Gasteiger partial charge in [-0.25, -0.2) is 14.8 Å². The zero-order valence-corrected chi connectivity index (χ0v) is 14.0. The number of aryl methyl sites for hydroxylation is 1. The Hall–Kier alpha value is -1.15. The number of carbonyl (C=O) groups is 1. The number of thiophene rings is 2. The highest BCUT2D eigenvalue weighted by Gasteiger charge is 2.18. The minimum absolute atomic E-state index is 0.325. The van der Waals surface area contributed by atoms with Crippen molar-refractivity contribution in [2.45, 2.75) is 17.7 Å². The van der Waals surface area contributed by atoms with Gasteiger partial charge in [0.2, 0.25) is 0 Å². The fourth-order valence-corrected chi connectivity index (χ4v) is 5.16. The van der Waals surface area contributed by atoms with Crippen molar-refractivity contribution in [2.75, 3.05) is 0 Å². The maximum Gasteiger partial charge on any atom is 0.346 e. The summed E-state index contributed by atoms with van der Waals surface area (Å²) in [6.07, 6.45) is 1.48. The van der Waals surface area contributed by atoms with Gasteiger partial charge in [-0.3, -0.25) is 0 Å². The number of carboxylic acids is 1. The Labute approximate surface area is 137 Å². The number of thioether (sulfide) groups is 1. The SMILES string of the molecule is Cc1c(C(=O)O)sc2ncnc(SCc3ccc(Cl)s3)c12. The standard InChI is InChI=1S/C13H9ClN2O2S3/c1-6-9-11(19-4-7-2-3-8(14)20-7)15-5-16-12(9)21-10(6)13(17)18/h2-3,5H,4H2,1H3,(H,17,18). The van der Waals surface area contributed by atoms with Gasteiger partial charge in [-0.2, -0.15) is 0 Å². The van der Waals surface area contributed by atoms with Gasteiger partial charge in [-0.1, -0.05) is 11.6 Å². The summed E-state index contributed by atoms with van der Waals surface area (Å²) in [7, 11) is 0. The summed E-state index contributed by atoms with van der Waals surface area (Å²) >= 11 is 10.2. The van der Waals surface area contributed by atoms with E-state index >= 15 is 0 Å². The van der Waals surface area contributed by atoms with Crippen LogP contribution in [0.25, 0.3) is 10.2 Å². The number of nitrogens with zero attached hydrogens (tertiary/aromatic N) is 2. The lowest BCUT2D eigenvalue weighted by Gasteiger charge is -2.01. The molecule has 0 saturated heterocycles. The van der Waals surface area contributed by atoms with E-state index in [1.54, 1.807) is 18.7 Å². The third-order valence-electron chi connectivity index (χ3n) is 2.87. The Morgan fingerprint density at radius 3 is 2.86 bits per heavy atom. The number of carboxylic acid groups (broad SMARTS) is 1. The molecule has 0 aliphatic carbocycles. The number of halogens is 1. The molecule has 0 saturated carbocycles. The number of hydrogen-bond acceptors (Lipinski definition) is 6. The van der Waals surface area contributed by atoms with Crippen LogP contribution in [-0.4, -0.2) is 21.0 Å². The van der Waals surface area contributed by atoms with Gasteiger partial charge in [0.15, 0.2) is 0 Å². The monoisotopic (exact) mass is 356 g/mol. The zero-order chi connectivity index (χ0) is 15.0. The average Bonchev–Trinajstić information content (AvgIpc) is 3.01. The van der Waals surface area contributed by atoms with Crippen LogP contribution in [0, 0.1) is 6.92 Å². The fourth-order valence-electron chi connectivity index (χ4n) is 1.92. The van der Waals surface area contributed by atoms with E-state index in [0.29, 0.717) is 9.71 Å². The number of fused-ring (bicyclic) bond motifs is 1. The Bertz CT molecular complexity index is 828. The van der Waals surface area contributed by atoms with E-state index in [0.717, 1.165) is 30.9 Å². The summed E-state index contributed by atoms with van der Waals surface area (Å²) in [5.74, 6) is -0.169. The molecular formula is C13H9ClN2O2S3. The van der Waals surface area contributed by atoms with Crippen LogP contribution in [0.1, 0.15) is 20.1 Å². The number of rotatable bonds is 4. The molecule has 3 heterocycles. The Morgan fingerprint density at radius 1 is 1.38 bits per heavy atom. The topological polar surface area (TPSA) is 63.1 Å². The van der Waals surface area contributed by atoms with Crippen molar-refractivity contribution in [3.05, 3.63) is 38.1 Å². The van der Waals surface area contributed by atoms with Crippen molar-refractivity contribution < 1.29 is 9.90 Å². The lowest BCUT2D eigenvalue weighted by molar-refractivity contribution is 0.0701. The highest BCUT2D eigenvalue weighted by molar-refractivity contribution is 7.98. The molecule has 3 rings (SSSR count). The first-order valence-corrected chi connectivity index (χ1v) is 8.90. The van der Waals surface area contributed by atoms with Gasteiger partial charge in [0.25, 0.3) is 0 Å². The van der Waals surface area contributed by atoms with Crippen LogP contribution in [0.15, 0.2) is 23.5 Å². The molecule has 108 valence electrons. The number of hydrogen-bond donors (Lipinski definition) is 1. The first kappa shape index (κ1) is 14.8. The first-order chi connectivity index (χ1) is 10.1. The molecule has 3 aromatic rings. The molecule has 0 spiro atoms. The molecule has 1 N–H and O–H groups in total.